The summed E-state index contributed by atoms with van der Waals surface area (Å²) in [6.07, 6.45) is 4.18. The van der Waals surface area contributed by atoms with Gasteiger partial charge in [0.2, 0.25) is 0 Å². The highest BCUT2D eigenvalue weighted by molar-refractivity contribution is 7.92. The molecule has 1 fully saturated rings. The lowest BCUT2D eigenvalue weighted by Gasteiger charge is -2.22. The Labute approximate surface area is 111 Å². The van der Waals surface area contributed by atoms with Crippen LogP contribution in [0.25, 0.3) is 0 Å². The Hall–Kier alpha value is -0.130. The maximum absolute atomic E-state index is 12.1. The van der Waals surface area contributed by atoms with Crippen molar-refractivity contribution in [3.8, 4) is 0 Å². The maximum atomic E-state index is 12.1. The van der Waals surface area contributed by atoms with E-state index < -0.39 is 9.84 Å². The van der Waals surface area contributed by atoms with Gasteiger partial charge in [0.15, 0.2) is 9.84 Å². The Balaban J connectivity index is 2.20. The van der Waals surface area contributed by atoms with Crippen molar-refractivity contribution in [2.24, 2.45) is 0 Å². The van der Waals surface area contributed by atoms with Crippen molar-refractivity contribution in [1.29, 1.82) is 0 Å². The minimum atomic E-state index is -2.89. The third-order valence-electron chi connectivity index (χ3n) is 3.54. The molecule has 18 heavy (non-hydrogen) atoms. The van der Waals surface area contributed by atoms with Crippen molar-refractivity contribution in [1.82, 2.24) is 5.32 Å². The van der Waals surface area contributed by atoms with Crippen molar-refractivity contribution in [3.05, 3.63) is 0 Å². The van der Waals surface area contributed by atoms with Crippen LogP contribution in [0, 0.1) is 0 Å². The Morgan fingerprint density at radius 3 is 2.56 bits per heavy atom. The van der Waals surface area contributed by atoms with E-state index in [9.17, 15) is 8.42 Å². The number of ether oxygens (including phenoxy) is 1. The van der Waals surface area contributed by atoms with Gasteiger partial charge in [-0.3, -0.25) is 0 Å². The van der Waals surface area contributed by atoms with Gasteiger partial charge in [-0.15, -0.1) is 0 Å². The summed E-state index contributed by atoms with van der Waals surface area (Å²) < 4.78 is 29.4. The van der Waals surface area contributed by atoms with Crippen LogP contribution in [-0.4, -0.2) is 45.2 Å². The van der Waals surface area contributed by atoms with Gasteiger partial charge in [0.25, 0.3) is 0 Å². The second-order valence-electron chi connectivity index (χ2n) is 5.13. The summed E-state index contributed by atoms with van der Waals surface area (Å²) in [5.41, 5.74) is 0. The lowest BCUT2D eigenvalue weighted by atomic mass is 10.1. The molecular weight excluding hydrogens is 250 g/mol. The summed E-state index contributed by atoms with van der Waals surface area (Å²) in [6.45, 7) is 6.41. The number of rotatable bonds is 8. The van der Waals surface area contributed by atoms with Gasteiger partial charge in [-0.25, -0.2) is 8.42 Å². The molecule has 0 aromatic rings. The normalized spacial score (nSPS) is 19.9. The average molecular weight is 277 g/mol. The van der Waals surface area contributed by atoms with Crippen LogP contribution in [0.2, 0.25) is 0 Å². The smallest absolute Gasteiger partial charge is 0.153 e. The van der Waals surface area contributed by atoms with Crippen LogP contribution >= 0.6 is 0 Å². The molecule has 4 nitrogen and oxygen atoms in total. The lowest BCUT2D eigenvalue weighted by molar-refractivity contribution is 0.0983. The number of hydrogen-bond donors (Lipinski definition) is 1. The molecular formula is C13H27NO3S. The Kier molecular flexibility index (Phi) is 7.19. The van der Waals surface area contributed by atoms with Crippen LogP contribution in [-0.2, 0) is 14.6 Å². The van der Waals surface area contributed by atoms with E-state index >= 15 is 0 Å². The second-order valence-corrected chi connectivity index (χ2v) is 7.53. The van der Waals surface area contributed by atoms with Crippen molar-refractivity contribution >= 4 is 9.84 Å². The van der Waals surface area contributed by atoms with E-state index in [4.69, 9.17) is 4.74 Å². The first-order valence-corrected chi connectivity index (χ1v) is 8.80. The molecule has 5 heteroatoms. The zero-order valence-corrected chi connectivity index (χ0v) is 12.5. The number of unbranched alkanes of at least 4 members (excludes halogenated alkanes) is 1. The first-order valence-electron chi connectivity index (χ1n) is 7.09. The van der Waals surface area contributed by atoms with Gasteiger partial charge in [0.05, 0.1) is 11.0 Å². The number of hydrogen-bond acceptors (Lipinski definition) is 4. The Morgan fingerprint density at radius 2 is 1.94 bits per heavy atom. The van der Waals surface area contributed by atoms with Crippen LogP contribution in [0.3, 0.4) is 0 Å². The predicted molar refractivity (Wildman–Crippen MR) is 74.6 cm³/mol. The van der Waals surface area contributed by atoms with E-state index in [0.29, 0.717) is 37.9 Å². The van der Waals surface area contributed by atoms with Crippen LogP contribution in [0.4, 0.5) is 0 Å². The molecule has 1 heterocycles. The fraction of sp³-hybridized carbons (Fsp3) is 1.00. The summed E-state index contributed by atoms with van der Waals surface area (Å²) in [7, 11) is -2.89. The molecule has 108 valence electrons. The highest BCUT2D eigenvalue weighted by Gasteiger charge is 2.26. The second kappa shape index (κ2) is 8.12. The molecule has 1 rings (SSSR count). The minimum Gasteiger partial charge on any atom is -0.381 e. The molecule has 1 aliphatic rings. The topological polar surface area (TPSA) is 55.4 Å². The highest BCUT2D eigenvalue weighted by atomic mass is 32.2. The highest BCUT2D eigenvalue weighted by Crippen LogP contribution is 2.18. The lowest BCUT2D eigenvalue weighted by Crippen LogP contribution is -2.31. The summed E-state index contributed by atoms with van der Waals surface area (Å²) in [4.78, 5) is 0. The zero-order chi connectivity index (χ0) is 13.4. The average Bonchev–Trinajstić information content (AvgIpc) is 2.36. The van der Waals surface area contributed by atoms with Gasteiger partial charge in [0.1, 0.15) is 0 Å². The largest absolute Gasteiger partial charge is 0.381 e. The third-order valence-corrected chi connectivity index (χ3v) is 5.89. The summed E-state index contributed by atoms with van der Waals surface area (Å²) >= 11 is 0. The predicted octanol–water partition coefficient (Wildman–Crippen LogP) is 1.75. The molecule has 0 saturated carbocycles. The molecule has 0 aliphatic carbocycles. The molecule has 0 aromatic heterocycles. The fourth-order valence-electron chi connectivity index (χ4n) is 2.41. The SMILES string of the molecule is CCNC(C)CCCCS(=O)(=O)C1CCOCC1. The first kappa shape index (κ1) is 15.9. The number of nitrogens with one attached hydrogen (secondary N) is 1. The van der Waals surface area contributed by atoms with E-state index in [1.165, 1.54) is 0 Å². The Bertz CT molecular complexity index is 310. The molecule has 1 atom stereocenters. The van der Waals surface area contributed by atoms with Gasteiger partial charge in [-0.2, -0.15) is 0 Å². The van der Waals surface area contributed by atoms with E-state index in [2.05, 4.69) is 19.2 Å². The fourth-order valence-corrected chi connectivity index (χ4v) is 4.26. The standard InChI is InChI=1S/C13H27NO3S/c1-3-14-12(2)6-4-5-11-18(15,16)13-7-9-17-10-8-13/h12-14H,3-11H2,1-2H3. The van der Waals surface area contributed by atoms with Gasteiger partial charge in [-0.1, -0.05) is 13.3 Å². The third kappa shape index (κ3) is 5.67. The quantitative estimate of drug-likeness (QED) is 0.687. The van der Waals surface area contributed by atoms with Crippen molar-refractivity contribution < 1.29 is 13.2 Å². The molecule has 1 saturated heterocycles. The summed E-state index contributed by atoms with van der Waals surface area (Å²) in [5, 5.41) is 3.19. The molecule has 0 radical (unpaired) electrons. The summed E-state index contributed by atoms with van der Waals surface area (Å²) in [5.74, 6) is 0.344. The molecule has 0 spiro atoms. The van der Waals surface area contributed by atoms with E-state index in [-0.39, 0.29) is 5.25 Å². The van der Waals surface area contributed by atoms with E-state index in [1.54, 1.807) is 0 Å². The molecule has 0 bridgehead atoms. The monoisotopic (exact) mass is 277 g/mol. The van der Waals surface area contributed by atoms with Crippen LogP contribution in [0.15, 0.2) is 0 Å². The van der Waals surface area contributed by atoms with Gasteiger partial charge in [-0.05, 0) is 39.2 Å². The summed E-state index contributed by atoms with van der Waals surface area (Å²) in [6, 6.07) is 0.487. The molecule has 0 aromatic carbocycles. The van der Waals surface area contributed by atoms with Crippen molar-refractivity contribution in [2.75, 3.05) is 25.5 Å². The first-order chi connectivity index (χ1) is 8.56. The molecule has 0 amide bonds. The van der Waals surface area contributed by atoms with Crippen LogP contribution in [0.5, 0.6) is 0 Å². The van der Waals surface area contributed by atoms with Crippen molar-refractivity contribution in [3.63, 3.8) is 0 Å². The van der Waals surface area contributed by atoms with Crippen LogP contribution < -0.4 is 5.32 Å². The van der Waals surface area contributed by atoms with Crippen LogP contribution in [0.1, 0.15) is 46.0 Å². The molecule has 1 N–H and O–H groups in total. The van der Waals surface area contributed by atoms with Gasteiger partial charge in [0, 0.05) is 19.3 Å². The Morgan fingerprint density at radius 1 is 1.28 bits per heavy atom. The molecule has 1 aliphatic heterocycles. The van der Waals surface area contributed by atoms with E-state index in [1.807, 2.05) is 0 Å². The van der Waals surface area contributed by atoms with Crippen molar-refractivity contribution in [2.45, 2.75) is 57.2 Å². The van der Waals surface area contributed by atoms with Gasteiger partial charge < -0.3 is 10.1 Å². The van der Waals surface area contributed by atoms with E-state index in [0.717, 1.165) is 25.8 Å². The molecule has 1 unspecified atom stereocenters. The minimum absolute atomic E-state index is 0.155. The number of sulfone groups is 1. The zero-order valence-electron chi connectivity index (χ0n) is 11.7. The maximum Gasteiger partial charge on any atom is 0.153 e. The van der Waals surface area contributed by atoms with Gasteiger partial charge >= 0.3 is 0 Å².